The summed E-state index contributed by atoms with van der Waals surface area (Å²) in [6.07, 6.45) is -3.82. The lowest BCUT2D eigenvalue weighted by Crippen LogP contribution is -2.36. The minimum absolute atomic E-state index is 0.0396. The molecular formula is C14H17F3N2O3. The zero-order valence-electron chi connectivity index (χ0n) is 12.0. The van der Waals surface area contributed by atoms with Gasteiger partial charge in [0.05, 0.1) is 11.7 Å². The van der Waals surface area contributed by atoms with Crippen molar-refractivity contribution >= 4 is 5.91 Å². The molecule has 2 heterocycles. The van der Waals surface area contributed by atoms with Gasteiger partial charge in [0, 0.05) is 31.3 Å². The van der Waals surface area contributed by atoms with Gasteiger partial charge >= 0.3 is 6.18 Å². The highest BCUT2D eigenvalue weighted by atomic mass is 19.4. The van der Waals surface area contributed by atoms with Gasteiger partial charge in [0.15, 0.2) is 0 Å². The molecule has 0 bridgehead atoms. The van der Waals surface area contributed by atoms with E-state index in [1.165, 1.54) is 4.90 Å². The molecule has 1 saturated heterocycles. The standard InChI is InChI=1S/C14H17F3N2O3/c1-9(20)10-4-5-18(6-10)13(22)8-19-7-11(14(15,16)17)2-3-12(19)21/h2-3,7,9-10,20H,4-6,8H2,1H3. The second-order valence-corrected chi connectivity index (χ2v) is 5.51. The first kappa shape index (κ1) is 16.5. The normalized spacial score (nSPS) is 20.2. The van der Waals surface area contributed by atoms with Crippen LogP contribution in [0, 0.1) is 5.92 Å². The van der Waals surface area contributed by atoms with E-state index in [0.717, 1.165) is 10.6 Å². The third-order valence-corrected chi connectivity index (χ3v) is 3.88. The summed E-state index contributed by atoms with van der Waals surface area (Å²) in [5, 5.41) is 9.49. The number of alkyl halides is 3. The number of amides is 1. The largest absolute Gasteiger partial charge is 0.417 e. The SMILES string of the molecule is CC(O)C1CCN(C(=O)Cn2cc(C(F)(F)F)ccc2=O)C1. The lowest BCUT2D eigenvalue weighted by molar-refractivity contribution is -0.138. The summed E-state index contributed by atoms with van der Waals surface area (Å²) < 4.78 is 38.7. The minimum atomic E-state index is -4.57. The van der Waals surface area contributed by atoms with E-state index in [-0.39, 0.29) is 5.92 Å². The van der Waals surface area contributed by atoms with Gasteiger partial charge < -0.3 is 14.6 Å². The molecule has 1 amide bonds. The number of likely N-dealkylation sites (tertiary alicyclic amines) is 1. The number of halogens is 3. The van der Waals surface area contributed by atoms with Crippen molar-refractivity contribution in [1.82, 2.24) is 9.47 Å². The Morgan fingerprint density at radius 3 is 2.68 bits per heavy atom. The van der Waals surface area contributed by atoms with Gasteiger partial charge in [-0.1, -0.05) is 0 Å². The Kier molecular flexibility index (Phi) is 4.60. The molecule has 0 radical (unpaired) electrons. The summed E-state index contributed by atoms with van der Waals surface area (Å²) in [7, 11) is 0. The van der Waals surface area contributed by atoms with Crippen LogP contribution in [0.25, 0.3) is 0 Å². The highest BCUT2D eigenvalue weighted by Crippen LogP contribution is 2.28. The Bertz CT molecular complexity index is 610. The zero-order chi connectivity index (χ0) is 16.5. The number of carbonyl (C=O) groups excluding carboxylic acids is 1. The highest BCUT2D eigenvalue weighted by Gasteiger charge is 2.32. The fraction of sp³-hybridized carbons (Fsp3) is 0.571. The minimum Gasteiger partial charge on any atom is -0.393 e. The molecule has 2 unspecified atom stereocenters. The van der Waals surface area contributed by atoms with Crippen molar-refractivity contribution in [3.05, 3.63) is 34.2 Å². The molecule has 1 N–H and O–H groups in total. The van der Waals surface area contributed by atoms with E-state index in [4.69, 9.17) is 0 Å². The zero-order valence-corrected chi connectivity index (χ0v) is 12.0. The summed E-state index contributed by atoms with van der Waals surface area (Å²) >= 11 is 0. The number of rotatable bonds is 3. The number of hydrogen-bond donors (Lipinski definition) is 1. The average molecular weight is 318 g/mol. The third-order valence-electron chi connectivity index (χ3n) is 3.88. The number of carbonyl (C=O) groups is 1. The van der Waals surface area contributed by atoms with Crippen LogP contribution in [0.1, 0.15) is 18.9 Å². The van der Waals surface area contributed by atoms with Crippen molar-refractivity contribution in [2.24, 2.45) is 5.92 Å². The second kappa shape index (κ2) is 6.12. The van der Waals surface area contributed by atoms with E-state index in [0.29, 0.717) is 31.8 Å². The third kappa shape index (κ3) is 3.68. The Labute approximate surface area is 125 Å². The van der Waals surface area contributed by atoms with E-state index in [2.05, 4.69) is 0 Å². The first-order chi connectivity index (χ1) is 10.2. The lowest BCUT2D eigenvalue weighted by atomic mass is 10.0. The average Bonchev–Trinajstić information content (AvgIpc) is 2.89. The summed E-state index contributed by atoms with van der Waals surface area (Å²) in [6.45, 7) is 1.98. The van der Waals surface area contributed by atoms with Crippen molar-refractivity contribution in [1.29, 1.82) is 0 Å². The molecule has 1 aliphatic heterocycles. The predicted octanol–water partition coefficient (Wildman–Crippen LogP) is 1.10. The van der Waals surface area contributed by atoms with Crippen LogP contribution in [-0.4, -0.2) is 39.7 Å². The molecule has 1 aromatic heterocycles. The quantitative estimate of drug-likeness (QED) is 0.908. The number of aliphatic hydroxyl groups is 1. The lowest BCUT2D eigenvalue weighted by Gasteiger charge is -2.18. The van der Waals surface area contributed by atoms with Gasteiger partial charge in [-0.3, -0.25) is 9.59 Å². The second-order valence-electron chi connectivity index (χ2n) is 5.51. The van der Waals surface area contributed by atoms with Crippen LogP contribution in [0.15, 0.2) is 23.1 Å². The van der Waals surface area contributed by atoms with Gasteiger partial charge in [-0.05, 0) is 19.4 Å². The highest BCUT2D eigenvalue weighted by molar-refractivity contribution is 5.76. The van der Waals surface area contributed by atoms with Crippen LogP contribution in [-0.2, 0) is 17.5 Å². The van der Waals surface area contributed by atoms with Gasteiger partial charge in [-0.25, -0.2) is 0 Å². The monoisotopic (exact) mass is 318 g/mol. The van der Waals surface area contributed by atoms with Gasteiger partial charge in [-0.15, -0.1) is 0 Å². The number of aromatic nitrogens is 1. The van der Waals surface area contributed by atoms with Crippen molar-refractivity contribution < 1.29 is 23.1 Å². The predicted molar refractivity (Wildman–Crippen MR) is 72.1 cm³/mol. The van der Waals surface area contributed by atoms with Crippen LogP contribution < -0.4 is 5.56 Å². The summed E-state index contributed by atoms with van der Waals surface area (Å²) in [4.78, 5) is 25.2. The fourth-order valence-corrected chi connectivity index (χ4v) is 2.48. The molecule has 122 valence electrons. The topological polar surface area (TPSA) is 62.5 Å². The molecule has 0 aliphatic carbocycles. The molecule has 1 fully saturated rings. The molecule has 0 saturated carbocycles. The summed E-state index contributed by atoms with van der Waals surface area (Å²) in [5.74, 6) is -0.466. The Balaban J connectivity index is 2.11. The molecule has 1 aliphatic rings. The van der Waals surface area contributed by atoms with Gasteiger partial charge in [0.1, 0.15) is 6.54 Å². The van der Waals surface area contributed by atoms with E-state index in [1.807, 2.05) is 0 Å². The van der Waals surface area contributed by atoms with E-state index >= 15 is 0 Å². The Hall–Kier alpha value is -1.83. The van der Waals surface area contributed by atoms with Crippen LogP contribution in [0.2, 0.25) is 0 Å². The molecule has 1 aromatic rings. The molecular weight excluding hydrogens is 301 g/mol. The van der Waals surface area contributed by atoms with E-state index in [1.54, 1.807) is 6.92 Å². The van der Waals surface area contributed by atoms with Crippen molar-refractivity contribution in [2.75, 3.05) is 13.1 Å². The number of aliphatic hydroxyl groups excluding tert-OH is 1. The molecule has 22 heavy (non-hydrogen) atoms. The van der Waals surface area contributed by atoms with E-state index < -0.39 is 35.9 Å². The van der Waals surface area contributed by atoms with Gasteiger partial charge in [0.2, 0.25) is 5.91 Å². The first-order valence-corrected chi connectivity index (χ1v) is 6.92. The van der Waals surface area contributed by atoms with Crippen LogP contribution in [0.4, 0.5) is 13.2 Å². The molecule has 8 heteroatoms. The summed E-state index contributed by atoms with van der Waals surface area (Å²) in [5.41, 5.74) is -1.63. The van der Waals surface area contributed by atoms with Crippen molar-refractivity contribution in [2.45, 2.75) is 32.2 Å². The number of pyridine rings is 1. The molecule has 2 rings (SSSR count). The van der Waals surface area contributed by atoms with Gasteiger partial charge in [-0.2, -0.15) is 13.2 Å². The first-order valence-electron chi connectivity index (χ1n) is 6.92. The molecule has 0 aromatic carbocycles. The van der Waals surface area contributed by atoms with Crippen LogP contribution in [0.5, 0.6) is 0 Å². The van der Waals surface area contributed by atoms with Gasteiger partial charge in [0.25, 0.3) is 5.56 Å². The maximum atomic E-state index is 12.6. The maximum Gasteiger partial charge on any atom is 0.417 e. The van der Waals surface area contributed by atoms with Crippen LogP contribution in [0.3, 0.4) is 0 Å². The Morgan fingerprint density at radius 2 is 2.14 bits per heavy atom. The Morgan fingerprint density at radius 1 is 1.45 bits per heavy atom. The van der Waals surface area contributed by atoms with Crippen molar-refractivity contribution in [3.8, 4) is 0 Å². The number of nitrogens with zero attached hydrogens (tertiary/aromatic N) is 2. The smallest absolute Gasteiger partial charge is 0.393 e. The van der Waals surface area contributed by atoms with Crippen LogP contribution >= 0.6 is 0 Å². The molecule has 0 spiro atoms. The van der Waals surface area contributed by atoms with E-state index in [9.17, 15) is 27.9 Å². The van der Waals surface area contributed by atoms with Crippen molar-refractivity contribution in [3.63, 3.8) is 0 Å². The fourth-order valence-electron chi connectivity index (χ4n) is 2.48. The molecule has 2 atom stereocenters. The summed E-state index contributed by atoms with van der Waals surface area (Å²) in [6, 6.07) is 1.50. The maximum absolute atomic E-state index is 12.6. The number of hydrogen-bond acceptors (Lipinski definition) is 3. The molecule has 5 nitrogen and oxygen atoms in total.